The molecule has 2 amide bonds. The molecule has 164 valence electrons. The number of benzene rings is 1. The van der Waals surface area contributed by atoms with Gasteiger partial charge in [0, 0.05) is 23.6 Å². The standard InChI is InChI=1S/C19H20Cl2N6O2S2/c1-10(2)15(24-17(29)12-5-4-11(20)8-13(12)21)16-25-26-19(27(16)3)31-9-14(28)23-18-22-6-7-30-18/h4-8,10,15H,9H2,1-3H3,(H,24,29)(H,22,23,28). The maximum atomic E-state index is 12.8. The Morgan fingerprint density at radius 1 is 1.26 bits per heavy atom. The van der Waals surface area contributed by atoms with E-state index in [-0.39, 0.29) is 28.5 Å². The van der Waals surface area contributed by atoms with E-state index in [4.69, 9.17) is 23.2 Å². The predicted molar refractivity (Wildman–Crippen MR) is 124 cm³/mol. The minimum absolute atomic E-state index is 0.0315. The molecule has 0 radical (unpaired) electrons. The number of carbonyl (C=O) groups is 2. The summed E-state index contributed by atoms with van der Waals surface area (Å²) in [4.78, 5) is 28.9. The third kappa shape index (κ3) is 5.97. The Hall–Kier alpha value is -2.14. The van der Waals surface area contributed by atoms with Crippen molar-refractivity contribution < 1.29 is 9.59 Å². The Morgan fingerprint density at radius 2 is 2.03 bits per heavy atom. The van der Waals surface area contributed by atoms with Crippen LogP contribution in [0.15, 0.2) is 34.9 Å². The third-order valence-corrected chi connectivity index (χ3v) is 6.54. The van der Waals surface area contributed by atoms with Gasteiger partial charge in [0.2, 0.25) is 5.91 Å². The number of hydrogen-bond acceptors (Lipinski definition) is 7. The van der Waals surface area contributed by atoms with Crippen molar-refractivity contribution in [2.24, 2.45) is 13.0 Å². The molecule has 0 aliphatic heterocycles. The summed E-state index contributed by atoms with van der Waals surface area (Å²) >= 11 is 14.7. The first-order valence-electron chi connectivity index (χ1n) is 9.23. The highest BCUT2D eigenvalue weighted by atomic mass is 35.5. The number of aromatic nitrogens is 4. The number of hydrogen-bond donors (Lipinski definition) is 2. The zero-order valence-electron chi connectivity index (χ0n) is 16.9. The fourth-order valence-corrected chi connectivity index (χ4v) is 4.47. The molecule has 31 heavy (non-hydrogen) atoms. The van der Waals surface area contributed by atoms with E-state index in [1.165, 1.54) is 29.2 Å². The third-order valence-electron chi connectivity index (χ3n) is 4.29. The monoisotopic (exact) mass is 498 g/mol. The number of halogens is 2. The zero-order valence-corrected chi connectivity index (χ0v) is 20.1. The molecule has 0 fully saturated rings. The van der Waals surface area contributed by atoms with Crippen molar-refractivity contribution in [3.8, 4) is 0 Å². The highest BCUT2D eigenvalue weighted by Gasteiger charge is 2.26. The van der Waals surface area contributed by atoms with Gasteiger partial charge in [-0.2, -0.15) is 0 Å². The first-order valence-corrected chi connectivity index (χ1v) is 11.9. The van der Waals surface area contributed by atoms with Crippen molar-refractivity contribution in [3.63, 3.8) is 0 Å². The summed E-state index contributed by atoms with van der Waals surface area (Å²) in [7, 11) is 1.80. The fourth-order valence-electron chi connectivity index (χ4n) is 2.72. The number of thiazole rings is 1. The maximum absolute atomic E-state index is 12.8. The van der Waals surface area contributed by atoms with E-state index < -0.39 is 6.04 Å². The molecule has 1 unspecified atom stereocenters. The van der Waals surface area contributed by atoms with Crippen LogP contribution >= 0.6 is 46.3 Å². The Kier molecular flexibility index (Phi) is 7.93. The van der Waals surface area contributed by atoms with Gasteiger partial charge in [-0.05, 0) is 24.1 Å². The number of carbonyl (C=O) groups excluding carboxylic acids is 2. The second-order valence-corrected chi connectivity index (χ2v) is 9.57. The molecule has 3 rings (SSSR count). The molecule has 0 aliphatic carbocycles. The highest BCUT2D eigenvalue weighted by Crippen LogP contribution is 2.26. The number of amides is 2. The Bertz CT molecular complexity index is 1070. The topological polar surface area (TPSA) is 102 Å². The molecule has 12 heteroatoms. The molecule has 2 aromatic heterocycles. The van der Waals surface area contributed by atoms with E-state index in [0.717, 1.165) is 0 Å². The predicted octanol–water partition coefficient (Wildman–Crippen LogP) is 4.44. The van der Waals surface area contributed by atoms with Gasteiger partial charge in [-0.1, -0.05) is 48.8 Å². The number of rotatable bonds is 8. The SMILES string of the molecule is CC(C)C(NC(=O)c1ccc(Cl)cc1Cl)c1nnc(SCC(=O)Nc2nccs2)n1C. The lowest BCUT2D eigenvalue weighted by Gasteiger charge is -2.22. The summed E-state index contributed by atoms with van der Waals surface area (Å²) in [6.45, 7) is 3.94. The van der Waals surface area contributed by atoms with Gasteiger partial charge in [0.05, 0.1) is 22.4 Å². The molecule has 0 saturated heterocycles. The van der Waals surface area contributed by atoms with Gasteiger partial charge in [0.1, 0.15) is 0 Å². The van der Waals surface area contributed by atoms with Gasteiger partial charge in [-0.3, -0.25) is 9.59 Å². The molecular weight excluding hydrogens is 479 g/mol. The molecule has 2 heterocycles. The van der Waals surface area contributed by atoms with Crippen LogP contribution in [-0.2, 0) is 11.8 Å². The van der Waals surface area contributed by atoms with Gasteiger partial charge < -0.3 is 15.2 Å². The molecule has 1 atom stereocenters. The van der Waals surface area contributed by atoms with E-state index in [1.807, 2.05) is 13.8 Å². The lowest BCUT2D eigenvalue weighted by Crippen LogP contribution is -2.33. The summed E-state index contributed by atoms with van der Waals surface area (Å²) < 4.78 is 1.77. The summed E-state index contributed by atoms with van der Waals surface area (Å²) in [5.74, 6) is 0.251. The van der Waals surface area contributed by atoms with Gasteiger partial charge >= 0.3 is 0 Å². The van der Waals surface area contributed by atoms with Crippen molar-refractivity contribution in [2.75, 3.05) is 11.1 Å². The number of anilines is 1. The van der Waals surface area contributed by atoms with Crippen LogP contribution in [0, 0.1) is 5.92 Å². The lowest BCUT2D eigenvalue weighted by atomic mass is 10.0. The van der Waals surface area contributed by atoms with E-state index in [1.54, 1.807) is 35.3 Å². The van der Waals surface area contributed by atoms with Gasteiger partial charge in [0.15, 0.2) is 16.1 Å². The Labute approximate surface area is 197 Å². The van der Waals surface area contributed by atoms with Crippen LogP contribution in [0.1, 0.15) is 36.1 Å². The summed E-state index contributed by atoms with van der Waals surface area (Å²) in [6.07, 6.45) is 1.62. The number of nitrogens with one attached hydrogen (secondary N) is 2. The van der Waals surface area contributed by atoms with E-state index in [9.17, 15) is 9.59 Å². The second-order valence-electron chi connectivity index (χ2n) is 6.89. The molecule has 8 nitrogen and oxygen atoms in total. The van der Waals surface area contributed by atoms with E-state index in [0.29, 0.717) is 26.7 Å². The first kappa shape index (κ1) is 23.5. The second kappa shape index (κ2) is 10.4. The minimum Gasteiger partial charge on any atom is -0.342 e. The van der Waals surface area contributed by atoms with Crippen molar-refractivity contribution >= 4 is 63.2 Å². The molecule has 0 aliphatic rings. The molecule has 0 spiro atoms. The summed E-state index contributed by atoms with van der Waals surface area (Å²) in [5.41, 5.74) is 0.326. The maximum Gasteiger partial charge on any atom is 0.253 e. The van der Waals surface area contributed by atoms with Crippen molar-refractivity contribution in [1.29, 1.82) is 0 Å². The van der Waals surface area contributed by atoms with E-state index >= 15 is 0 Å². The van der Waals surface area contributed by atoms with Crippen LogP contribution in [0.3, 0.4) is 0 Å². The number of nitrogens with zero attached hydrogens (tertiary/aromatic N) is 4. The van der Waals surface area contributed by atoms with E-state index in [2.05, 4.69) is 25.8 Å². The quantitative estimate of drug-likeness (QED) is 0.445. The Morgan fingerprint density at radius 3 is 2.68 bits per heavy atom. The van der Waals surface area contributed by atoms with Crippen molar-refractivity contribution in [3.05, 3.63) is 51.2 Å². The van der Waals surface area contributed by atoms with Crippen molar-refractivity contribution in [2.45, 2.75) is 25.0 Å². The fraction of sp³-hybridized carbons (Fsp3) is 0.316. The molecule has 2 N–H and O–H groups in total. The van der Waals surface area contributed by atoms with Gasteiger partial charge in [-0.25, -0.2) is 4.98 Å². The van der Waals surface area contributed by atoms with Crippen LogP contribution < -0.4 is 10.6 Å². The van der Waals surface area contributed by atoms with Crippen molar-refractivity contribution in [1.82, 2.24) is 25.1 Å². The lowest BCUT2D eigenvalue weighted by molar-refractivity contribution is -0.113. The molecule has 0 bridgehead atoms. The van der Waals surface area contributed by atoms with Crippen LogP contribution in [0.4, 0.5) is 5.13 Å². The van der Waals surface area contributed by atoms with Crippen LogP contribution in [0.2, 0.25) is 10.0 Å². The van der Waals surface area contributed by atoms with Crippen LogP contribution in [-0.4, -0.2) is 37.3 Å². The summed E-state index contributed by atoms with van der Waals surface area (Å²) in [6, 6.07) is 4.31. The smallest absolute Gasteiger partial charge is 0.253 e. The van der Waals surface area contributed by atoms with Crippen LogP contribution in [0.5, 0.6) is 0 Å². The molecular formula is C19H20Cl2N6O2S2. The average Bonchev–Trinajstić information content (AvgIpc) is 3.34. The van der Waals surface area contributed by atoms with Gasteiger partial charge in [-0.15, -0.1) is 21.5 Å². The Balaban J connectivity index is 1.69. The number of thioether (sulfide) groups is 1. The van der Waals surface area contributed by atoms with Crippen LogP contribution in [0.25, 0.3) is 0 Å². The largest absolute Gasteiger partial charge is 0.342 e. The molecule has 1 aromatic carbocycles. The molecule has 0 saturated carbocycles. The van der Waals surface area contributed by atoms with Gasteiger partial charge in [0.25, 0.3) is 5.91 Å². The normalized spacial score (nSPS) is 12.1. The average molecular weight is 499 g/mol. The highest BCUT2D eigenvalue weighted by molar-refractivity contribution is 7.99. The minimum atomic E-state index is -0.407. The first-order chi connectivity index (χ1) is 14.8. The zero-order chi connectivity index (χ0) is 22.5. The summed E-state index contributed by atoms with van der Waals surface area (Å²) in [5, 5.41) is 17.8. The molecule has 3 aromatic rings.